The number of allylic oxidation sites excluding steroid dienone is 3. The van der Waals surface area contributed by atoms with Crippen LogP contribution < -0.4 is 9.64 Å². The maximum absolute atomic E-state index is 13.9. The Morgan fingerprint density at radius 3 is 1.75 bits per heavy atom. The number of benzene rings is 3. The lowest BCUT2D eigenvalue weighted by atomic mass is 9.85. The summed E-state index contributed by atoms with van der Waals surface area (Å²) in [6.07, 6.45) is 4.18. The molecule has 0 N–H and O–H groups in total. The Morgan fingerprint density at radius 1 is 0.750 bits per heavy atom. The van der Waals surface area contributed by atoms with Crippen molar-refractivity contribution in [1.82, 2.24) is 0 Å². The number of fused-ring (bicyclic) bond motifs is 5. The molecule has 0 radical (unpaired) electrons. The molecule has 3 aromatic rings. The van der Waals surface area contributed by atoms with Gasteiger partial charge in [-0.3, -0.25) is 14.4 Å². The Kier molecular flexibility index (Phi) is 5.22. The molecule has 2 bridgehead atoms. The molecule has 2 amide bonds. The van der Waals surface area contributed by atoms with Crippen molar-refractivity contribution in [3.05, 3.63) is 113 Å². The molecule has 36 heavy (non-hydrogen) atoms. The smallest absolute Gasteiger partial charge is 0.238 e. The summed E-state index contributed by atoms with van der Waals surface area (Å²) in [6.45, 7) is 1.46. The first-order valence-corrected chi connectivity index (χ1v) is 12.1. The summed E-state index contributed by atoms with van der Waals surface area (Å²) in [5, 5.41) is 0. The number of carbonyl (C=O) groups is 3. The zero-order chi connectivity index (χ0) is 25.0. The number of methoxy groups -OCH3 is 1. The second-order valence-corrected chi connectivity index (χ2v) is 9.51. The van der Waals surface area contributed by atoms with E-state index in [0.29, 0.717) is 17.0 Å². The maximum atomic E-state index is 13.9. The van der Waals surface area contributed by atoms with Gasteiger partial charge in [-0.05, 0) is 47.4 Å². The number of ether oxygens (including phenoxy) is 1. The zero-order valence-electron chi connectivity index (χ0n) is 20.0. The third kappa shape index (κ3) is 3.19. The molecular weight excluding hydrogens is 450 g/mol. The van der Waals surface area contributed by atoms with Crippen LogP contribution in [0.5, 0.6) is 5.75 Å². The largest absolute Gasteiger partial charge is 0.495 e. The van der Waals surface area contributed by atoms with Crippen molar-refractivity contribution >= 4 is 28.9 Å². The van der Waals surface area contributed by atoms with E-state index in [1.807, 2.05) is 36.4 Å². The monoisotopic (exact) mass is 475 g/mol. The molecule has 1 heterocycles. The van der Waals surface area contributed by atoms with Gasteiger partial charge in [0.1, 0.15) is 5.75 Å². The first-order valence-electron chi connectivity index (χ1n) is 12.1. The molecule has 178 valence electrons. The van der Waals surface area contributed by atoms with Crippen LogP contribution in [0, 0.1) is 23.7 Å². The highest BCUT2D eigenvalue weighted by atomic mass is 16.5. The van der Waals surface area contributed by atoms with Gasteiger partial charge in [-0.15, -0.1) is 0 Å². The topological polar surface area (TPSA) is 63.7 Å². The van der Waals surface area contributed by atoms with Crippen LogP contribution in [0.4, 0.5) is 5.69 Å². The van der Waals surface area contributed by atoms with E-state index in [0.717, 1.165) is 22.3 Å². The number of carbonyl (C=O) groups excluding carboxylic acids is 3. The second kappa shape index (κ2) is 8.45. The SMILES string of the molecule is COc1ccc(C(C)=O)cc1N1C(=O)[C@@H]2[C@H](C1=O)[C@H]1C=C[C@H]2C1=C(c1ccccc1)c1ccccc1. The van der Waals surface area contributed by atoms with Gasteiger partial charge < -0.3 is 4.74 Å². The van der Waals surface area contributed by atoms with Crippen molar-refractivity contribution in [3.63, 3.8) is 0 Å². The average Bonchev–Trinajstić information content (AvgIpc) is 3.54. The number of hydrogen-bond acceptors (Lipinski definition) is 4. The first kappa shape index (κ1) is 22.2. The first-order chi connectivity index (χ1) is 17.5. The van der Waals surface area contributed by atoms with Gasteiger partial charge in [-0.25, -0.2) is 4.90 Å². The van der Waals surface area contributed by atoms with E-state index in [9.17, 15) is 14.4 Å². The molecular formula is C31H25NO4. The quantitative estimate of drug-likeness (QED) is 0.285. The fourth-order valence-corrected chi connectivity index (χ4v) is 6.13. The highest BCUT2D eigenvalue weighted by Gasteiger charge is 2.62. The second-order valence-electron chi connectivity index (χ2n) is 9.51. The number of ketones is 1. The van der Waals surface area contributed by atoms with Crippen LogP contribution in [-0.4, -0.2) is 24.7 Å². The molecule has 4 atom stereocenters. The number of amides is 2. The standard InChI is InChI=1S/C31H25NO4/c1-18(33)21-13-16-25(36-2)24(17-21)32-30(34)28-22-14-15-23(29(28)31(32)35)27(22)26(19-9-5-3-6-10-19)20-11-7-4-8-12-20/h3-17,22-23,28-29H,1-2H3/t22-,23-,28-,29+/m0/s1. The summed E-state index contributed by atoms with van der Waals surface area (Å²) in [5.41, 5.74) is 5.14. The summed E-state index contributed by atoms with van der Waals surface area (Å²) in [6, 6.07) is 25.2. The summed E-state index contributed by atoms with van der Waals surface area (Å²) in [4.78, 5) is 41.0. The molecule has 5 heteroatoms. The van der Waals surface area contributed by atoms with E-state index in [-0.39, 0.29) is 29.4 Å². The van der Waals surface area contributed by atoms with E-state index >= 15 is 0 Å². The lowest BCUT2D eigenvalue weighted by Gasteiger charge is -2.23. The van der Waals surface area contributed by atoms with E-state index in [1.54, 1.807) is 18.2 Å². The molecule has 1 saturated heterocycles. The van der Waals surface area contributed by atoms with Crippen molar-refractivity contribution in [2.24, 2.45) is 23.7 Å². The molecule has 0 unspecified atom stereocenters. The van der Waals surface area contributed by atoms with Crippen LogP contribution >= 0.6 is 0 Å². The summed E-state index contributed by atoms with van der Waals surface area (Å²) in [7, 11) is 1.50. The number of hydrogen-bond donors (Lipinski definition) is 0. The molecule has 0 spiro atoms. The minimum absolute atomic E-state index is 0.138. The third-order valence-corrected chi connectivity index (χ3v) is 7.66. The predicted octanol–water partition coefficient (Wildman–Crippen LogP) is 5.32. The average molecular weight is 476 g/mol. The van der Waals surface area contributed by atoms with Crippen LogP contribution in [-0.2, 0) is 9.59 Å². The Hall–Kier alpha value is -4.25. The van der Waals surface area contributed by atoms with E-state index in [2.05, 4.69) is 36.4 Å². The molecule has 6 rings (SSSR count). The minimum atomic E-state index is -0.476. The Bertz CT molecular complexity index is 1380. The predicted molar refractivity (Wildman–Crippen MR) is 137 cm³/mol. The van der Waals surface area contributed by atoms with Crippen molar-refractivity contribution in [3.8, 4) is 5.75 Å². The molecule has 3 aromatic carbocycles. The van der Waals surface area contributed by atoms with E-state index < -0.39 is 11.8 Å². The van der Waals surface area contributed by atoms with Crippen molar-refractivity contribution in [2.75, 3.05) is 12.0 Å². The van der Waals surface area contributed by atoms with Gasteiger partial charge in [0.15, 0.2) is 5.78 Å². The van der Waals surface area contributed by atoms with Gasteiger partial charge in [0, 0.05) is 17.4 Å². The highest BCUT2D eigenvalue weighted by molar-refractivity contribution is 6.24. The molecule has 2 aliphatic carbocycles. The van der Waals surface area contributed by atoms with Crippen LogP contribution in [0.1, 0.15) is 28.4 Å². The number of imide groups is 1. The minimum Gasteiger partial charge on any atom is -0.495 e. The van der Waals surface area contributed by atoms with Crippen LogP contribution in [0.25, 0.3) is 5.57 Å². The van der Waals surface area contributed by atoms with Gasteiger partial charge in [0.2, 0.25) is 11.8 Å². The van der Waals surface area contributed by atoms with E-state index in [1.165, 1.54) is 18.9 Å². The van der Waals surface area contributed by atoms with Crippen LogP contribution in [0.2, 0.25) is 0 Å². The molecule has 3 aliphatic rings. The van der Waals surface area contributed by atoms with Gasteiger partial charge >= 0.3 is 0 Å². The molecule has 1 saturated carbocycles. The summed E-state index contributed by atoms with van der Waals surface area (Å²) >= 11 is 0. The summed E-state index contributed by atoms with van der Waals surface area (Å²) in [5.74, 6) is -1.51. The lowest BCUT2D eigenvalue weighted by molar-refractivity contribution is -0.123. The maximum Gasteiger partial charge on any atom is 0.238 e. The van der Waals surface area contributed by atoms with Gasteiger partial charge in [0.05, 0.1) is 24.6 Å². The van der Waals surface area contributed by atoms with Crippen molar-refractivity contribution in [2.45, 2.75) is 6.92 Å². The van der Waals surface area contributed by atoms with Crippen molar-refractivity contribution < 1.29 is 19.1 Å². The molecule has 2 fully saturated rings. The molecule has 0 aromatic heterocycles. The van der Waals surface area contributed by atoms with Gasteiger partial charge in [-0.1, -0.05) is 72.8 Å². The lowest BCUT2D eigenvalue weighted by Crippen LogP contribution is -2.33. The molecule has 1 aliphatic heterocycles. The Labute approximate surface area is 209 Å². The number of rotatable bonds is 5. The van der Waals surface area contributed by atoms with Crippen molar-refractivity contribution in [1.29, 1.82) is 0 Å². The zero-order valence-corrected chi connectivity index (χ0v) is 20.0. The number of nitrogens with zero attached hydrogens (tertiary/aromatic N) is 1. The highest BCUT2D eigenvalue weighted by Crippen LogP contribution is 2.59. The Balaban J connectivity index is 1.48. The molecule has 5 nitrogen and oxygen atoms in total. The number of anilines is 1. The fraction of sp³-hybridized carbons (Fsp3) is 0.194. The van der Waals surface area contributed by atoms with Crippen LogP contribution in [0.3, 0.4) is 0 Å². The van der Waals surface area contributed by atoms with E-state index in [4.69, 9.17) is 4.74 Å². The van der Waals surface area contributed by atoms with Gasteiger partial charge in [0.25, 0.3) is 0 Å². The van der Waals surface area contributed by atoms with Gasteiger partial charge in [-0.2, -0.15) is 0 Å². The Morgan fingerprint density at radius 2 is 1.28 bits per heavy atom. The van der Waals surface area contributed by atoms with Crippen LogP contribution in [0.15, 0.2) is 96.6 Å². The fourth-order valence-electron chi connectivity index (χ4n) is 6.13. The third-order valence-electron chi connectivity index (χ3n) is 7.66. The number of Topliss-reactive ketones (excluding diaryl/α,β-unsaturated/α-hetero) is 1. The normalized spacial score (nSPS) is 23.8. The summed E-state index contributed by atoms with van der Waals surface area (Å²) < 4.78 is 5.47.